The second-order valence-electron chi connectivity index (χ2n) is 7.27. The van der Waals surface area contributed by atoms with E-state index in [1.807, 2.05) is 51.1 Å². The molecule has 1 aliphatic rings. The summed E-state index contributed by atoms with van der Waals surface area (Å²) in [6.45, 7) is 6.21. The van der Waals surface area contributed by atoms with Crippen LogP contribution in [0, 0.1) is 11.2 Å². The molecule has 0 aliphatic carbocycles. The zero-order valence-corrected chi connectivity index (χ0v) is 16.0. The van der Waals surface area contributed by atoms with E-state index < -0.39 is 6.03 Å². The fourth-order valence-electron chi connectivity index (χ4n) is 2.45. The van der Waals surface area contributed by atoms with Gasteiger partial charge in [0.1, 0.15) is 5.82 Å². The van der Waals surface area contributed by atoms with Crippen LogP contribution in [0.2, 0.25) is 0 Å². The number of fused-ring (bicyclic) bond motifs is 1. The minimum absolute atomic E-state index is 0.226. The molecule has 6 nitrogen and oxygen atoms in total. The maximum Gasteiger partial charge on any atom is 0.339 e. The first-order chi connectivity index (χ1) is 13.3. The fraction of sp³-hybridized carbons (Fsp3) is 0.238. The fourth-order valence-corrected chi connectivity index (χ4v) is 2.45. The van der Waals surface area contributed by atoms with Gasteiger partial charge in [0.2, 0.25) is 6.79 Å². The van der Waals surface area contributed by atoms with Crippen LogP contribution in [0.25, 0.3) is 6.08 Å². The number of carbonyl (C=O) groups is 1. The van der Waals surface area contributed by atoms with Crippen LogP contribution in [0.1, 0.15) is 26.3 Å². The lowest BCUT2D eigenvalue weighted by molar-refractivity contribution is 0.174. The first-order valence-corrected chi connectivity index (χ1v) is 8.80. The number of hydrogen-bond acceptors (Lipinski definition) is 4. The molecule has 146 valence electrons. The van der Waals surface area contributed by atoms with Gasteiger partial charge in [0.25, 0.3) is 0 Å². The Morgan fingerprint density at radius 1 is 1.11 bits per heavy atom. The van der Waals surface area contributed by atoms with Crippen LogP contribution in [0.3, 0.4) is 0 Å². The van der Waals surface area contributed by atoms with Crippen molar-refractivity contribution < 1.29 is 18.7 Å². The van der Waals surface area contributed by atoms with Crippen LogP contribution in [-0.4, -0.2) is 18.5 Å². The van der Waals surface area contributed by atoms with Crippen LogP contribution >= 0.6 is 0 Å². The number of nitrogens with zero attached hydrogens (tertiary/aromatic N) is 1. The number of urea groups is 1. The highest BCUT2D eigenvalue weighted by Crippen LogP contribution is 2.33. The average molecular weight is 383 g/mol. The number of amides is 2. The summed E-state index contributed by atoms with van der Waals surface area (Å²) < 4.78 is 23.6. The van der Waals surface area contributed by atoms with Crippen molar-refractivity contribution in [3.63, 3.8) is 0 Å². The predicted molar refractivity (Wildman–Crippen MR) is 107 cm³/mol. The van der Waals surface area contributed by atoms with Gasteiger partial charge in [-0.05, 0) is 48.0 Å². The number of allylic oxidation sites excluding steroid dienone is 1. The molecule has 0 saturated carbocycles. The third-order valence-electron chi connectivity index (χ3n) is 3.98. The smallest absolute Gasteiger partial charge is 0.339 e. The first kappa shape index (κ1) is 19.4. The van der Waals surface area contributed by atoms with Gasteiger partial charge in [-0.2, -0.15) is 5.10 Å². The number of halogens is 1. The van der Waals surface area contributed by atoms with Crippen molar-refractivity contribution in [3.8, 4) is 11.5 Å². The third-order valence-corrected chi connectivity index (χ3v) is 3.98. The first-order valence-electron chi connectivity index (χ1n) is 8.80. The quantitative estimate of drug-likeness (QED) is 0.589. The summed E-state index contributed by atoms with van der Waals surface area (Å²) in [6, 6.07) is 10.6. The molecule has 0 fully saturated rings. The van der Waals surface area contributed by atoms with Crippen molar-refractivity contribution in [3.05, 3.63) is 59.9 Å². The van der Waals surface area contributed by atoms with E-state index in [0.29, 0.717) is 17.1 Å². The van der Waals surface area contributed by atoms with E-state index in [0.717, 1.165) is 11.3 Å². The largest absolute Gasteiger partial charge is 0.454 e. The summed E-state index contributed by atoms with van der Waals surface area (Å²) in [5.74, 6) is 1.06. The summed E-state index contributed by atoms with van der Waals surface area (Å²) in [7, 11) is 0. The zero-order chi connectivity index (χ0) is 20.1. The Bertz CT molecular complexity index is 915. The Balaban J connectivity index is 1.69. The van der Waals surface area contributed by atoms with Crippen LogP contribution in [0.5, 0.6) is 11.5 Å². The standard InChI is InChI=1S/C21H22FN3O3/c1-21(2,3)19(11-5-14-4-10-17-18(12-14)28-13-27-17)24-25-20(26)23-16-8-6-15(22)7-9-16/h4-12H,13H2,1-3H3,(H2,23,25,26)/b11-5+,24-19+. The van der Waals surface area contributed by atoms with Crippen LogP contribution in [0.15, 0.2) is 53.6 Å². The number of carbonyl (C=O) groups excluding carboxylic acids is 1. The lowest BCUT2D eigenvalue weighted by Crippen LogP contribution is -2.28. The molecule has 2 N–H and O–H groups in total. The highest BCUT2D eigenvalue weighted by Gasteiger charge is 2.18. The molecule has 3 rings (SSSR count). The summed E-state index contributed by atoms with van der Waals surface area (Å²) >= 11 is 0. The number of hydrogen-bond donors (Lipinski definition) is 2. The van der Waals surface area contributed by atoms with Gasteiger partial charge in [0, 0.05) is 11.1 Å². The van der Waals surface area contributed by atoms with E-state index >= 15 is 0 Å². The zero-order valence-electron chi connectivity index (χ0n) is 16.0. The molecule has 2 amide bonds. The number of benzene rings is 2. The van der Waals surface area contributed by atoms with Gasteiger partial charge < -0.3 is 14.8 Å². The van der Waals surface area contributed by atoms with Crippen molar-refractivity contribution in [2.75, 3.05) is 12.1 Å². The highest BCUT2D eigenvalue weighted by atomic mass is 19.1. The van der Waals surface area contributed by atoms with E-state index in [-0.39, 0.29) is 18.0 Å². The number of ether oxygens (including phenoxy) is 2. The van der Waals surface area contributed by atoms with Gasteiger partial charge in [0.15, 0.2) is 11.5 Å². The van der Waals surface area contributed by atoms with Gasteiger partial charge >= 0.3 is 6.03 Å². The molecular formula is C21H22FN3O3. The van der Waals surface area contributed by atoms with Crippen LogP contribution in [0.4, 0.5) is 14.9 Å². The molecule has 0 bridgehead atoms. The number of anilines is 1. The second kappa shape index (κ2) is 8.12. The molecular weight excluding hydrogens is 361 g/mol. The number of hydrazone groups is 1. The van der Waals surface area contributed by atoms with Crippen molar-refractivity contribution >= 4 is 23.5 Å². The van der Waals surface area contributed by atoms with E-state index in [1.54, 1.807) is 0 Å². The van der Waals surface area contributed by atoms with Gasteiger partial charge in [-0.15, -0.1) is 0 Å². The second-order valence-corrected chi connectivity index (χ2v) is 7.27. The van der Waals surface area contributed by atoms with Crippen molar-refractivity contribution in [1.29, 1.82) is 0 Å². The Morgan fingerprint density at radius 3 is 2.54 bits per heavy atom. The summed E-state index contributed by atoms with van der Waals surface area (Å²) in [5, 5.41) is 6.83. The predicted octanol–water partition coefficient (Wildman–Crippen LogP) is 4.79. The van der Waals surface area contributed by atoms with Crippen molar-refractivity contribution in [2.24, 2.45) is 10.5 Å². The normalized spacial score (nSPS) is 13.6. The SMILES string of the molecule is CC(C)(C)C(/C=C/c1ccc2c(c1)OCO2)=N/NC(=O)Nc1ccc(F)cc1. The molecule has 0 radical (unpaired) electrons. The lowest BCUT2D eigenvalue weighted by Gasteiger charge is -2.18. The minimum Gasteiger partial charge on any atom is -0.454 e. The van der Waals surface area contributed by atoms with Crippen LogP contribution < -0.4 is 20.2 Å². The molecule has 0 saturated heterocycles. The van der Waals surface area contributed by atoms with Crippen molar-refractivity contribution in [2.45, 2.75) is 20.8 Å². The molecule has 2 aromatic rings. The van der Waals surface area contributed by atoms with E-state index in [4.69, 9.17) is 9.47 Å². The molecule has 1 heterocycles. The van der Waals surface area contributed by atoms with Crippen LogP contribution in [-0.2, 0) is 0 Å². The Kier molecular flexibility index (Phi) is 5.63. The van der Waals surface area contributed by atoms with E-state index in [1.165, 1.54) is 24.3 Å². The van der Waals surface area contributed by atoms with Crippen molar-refractivity contribution in [1.82, 2.24) is 5.43 Å². The molecule has 2 aromatic carbocycles. The summed E-state index contributed by atoms with van der Waals surface area (Å²) in [4.78, 5) is 12.1. The van der Waals surface area contributed by atoms with Gasteiger partial charge in [0.05, 0.1) is 5.71 Å². The number of nitrogens with one attached hydrogen (secondary N) is 2. The molecule has 0 spiro atoms. The monoisotopic (exact) mass is 383 g/mol. The Labute approximate surface area is 163 Å². The van der Waals surface area contributed by atoms with E-state index in [9.17, 15) is 9.18 Å². The molecule has 7 heteroatoms. The molecule has 0 atom stereocenters. The Hall–Kier alpha value is -3.35. The third kappa shape index (κ3) is 5.09. The molecule has 0 unspecified atom stereocenters. The summed E-state index contributed by atoms with van der Waals surface area (Å²) in [5.41, 5.74) is 4.27. The minimum atomic E-state index is -0.509. The summed E-state index contributed by atoms with van der Waals surface area (Å²) in [6.07, 6.45) is 3.74. The van der Waals surface area contributed by atoms with Gasteiger partial charge in [-0.25, -0.2) is 14.6 Å². The van der Waals surface area contributed by atoms with E-state index in [2.05, 4.69) is 15.8 Å². The maximum absolute atomic E-state index is 12.9. The molecule has 0 aromatic heterocycles. The lowest BCUT2D eigenvalue weighted by atomic mass is 9.89. The highest BCUT2D eigenvalue weighted by molar-refractivity contribution is 6.02. The Morgan fingerprint density at radius 2 is 1.82 bits per heavy atom. The van der Waals surface area contributed by atoms with Gasteiger partial charge in [-0.1, -0.05) is 32.9 Å². The molecule has 28 heavy (non-hydrogen) atoms. The average Bonchev–Trinajstić information content (AvgIpc) is 3.10. The number of rotatable bonds is 4. The van der Waals surface area contributed by atoms with Gasteiger partial charge in [-0.3, -0.25) is 0 Å². The topological polar surface area (TPSA) is 72.0 Å². The molecule has 1 aliphatic heterocycles. The maximum atomic E-state index is 12.9.